The van der Waals surface area contributed by atoms with Crippen molar-refractivity contribution in [2.45, 2.75) is 26.4 Å². The number of fused-ring (bicyclic) bond motifs is 7. The van der Waals surface area contributed by atoms with Crippen molar-refractivity contribution in [3.05, 3.63) is 127 Å². The van der Waals surface area contributed by atoms with E-state index < -0.39 is 12.0 Å². The Kier molecular flexibility index (Phi) is 9.44. The van der Waals surface area contributed by atoms with Gasteiger partial charge in [-0.05, 0) is 64.9 Å². The topological polar surface area (TPSA) is 160 Å². The molecule has 0 unspecified atom stereocenters. The van der Waals surface area contributed by atoms with Gasteiger partial charge in [-0.3, -0.25) is 29.4 Å². The predicted molar refractivity (Wildman–Crippen MR) is 214 cm³/mol. The molecule has 2 aliphatic carbocycles. The summed E-state index contributed by atoms with van der Waals surface area (Å²) in [4.78, 5) is 85.3. The highest BCUT2D eigenvalue weighted by molar-refractivity contribution is 6.06. The molecule has 58 heavy (non-hydrogen) atoms. The van der Waals surface area contributed by atoms with Crippen LogP contribution in [0.4, 0.5) is 22.1 Å². The van der Waals surface area contributed by atoms with E-state index in [0.717, 1.165) is 22.8 Å². The lowest BCUT2D eigenvalue weighted by atomic mass is 9.85. The van der Waals surface area contributed by atoms with Crippen molar-refractivity contribution in [1.82, 2.24) is 29.3 Å². The highest BCUT2D eigenvalue weighted by Gasteiger charge is 2.59. The zero-order valence-corrected chi connectivity index (χ0v) is 31.5. The Morgan fingerprint density at radius 2 is 1.45 bits per heavy atom. The monoisotopic (exact) mass is 774 g/mol. The van der Waals surface area contributed by atoms with Crippen LogP contribution in [0.3, 0.4) is 0 Å². The second-order valence-electron chi connectivity index (χ2n) is 14.8. The van der Waals surface area contributed by atoms with Gasteiger partial charge in [0.05, 0.1) is 29.5 Å². The van der Waals surface area contributed by atoms with E-state index in [-0.39, 0.29) is 90.6 Å². The normalized spacial score (nSPS) is 19.2. The largest absolute Gasteiger partial charge is 0.425 e. The first kappa shape index (κ1) is 36.4. The fourth-order valence-corrected chi connectivity index (χ4v) is 8.46. The third-order valence-corrected chi connectivity index (χ3v) is 11.1. The molecular weight excluding hydrogens is 737 g/mol. The third-order valence-electron chi connectivity index (χ3n) is 11.1. The molecule has 3 heterocycles. The summed E-state index contributed by atoms with van der Waals surface area (Å²) < 4.78 is 7.39. The molecule has 9 rings (SSSR count). The number of benzene rings is 4. The number of likely N-dealkylation sites (tertiary alicyclic amines) is 1. The van der Waals surface area contributed by atoms with E-state index in [1.165, 1.54) is 27.6 Å². The molecule has 1 saturated heterocycles. The van der Waals surface area contributed by atoms with Crippen LogP contribution >= 0.6 is 0 Å². The Labute approximate surface area is 332 Å². The number of hydrogen-bond acceptors (Lipinski definition) is 9. The molecule has 1 aliphatic heterocycles. The van der Waals surface area contributed by atoms with Gasteiger partial charge in [-0.2, -0.15) is 9.97 Å². The van der Waals surface area contributed by atoms with Gasteiger partial charge in [0.2, 0.25) is 29.6 Å². The number of carbonyl (C=O) groups is 5. The SMILES string of the molecule is CC(=O)Nc1nc(OC(=O)N(c2ccccc2)c2ccccc2)c2ncn(CC(=O)N(CCN3C(=O)[C@@H]4[C@H](C3=O)[C@H]3C=C[C@@H]4C3)Cc3ccc4ccccc4c3)c2n1. The molecule has 0 spiro atoms. The van der Waals surface area contributed by atoms with Crippen molar-refractivity contribution in [3.63, 3.8) is 0 Å². The van der Waals surface area contributed by atoms with Gasteiger partial charge in [0, 0.05) is 26.6 Å². The molecule has 2 bridgehead atoms. The predicted octanol–water partition coefficient (Wildman–Crippen LogP) is 6.11. The fraction of sp³-hybridized carbons (Fsp3) is 0.227. The van der Waals surface area contributed by atoms with Gasteiger partial charge in [0.15, 0.2) is 11.2 Å². The second kappa shape index (κ2) is 15.0. The summed E-state index contributed by atoms with van der Waals surface area (Å²) in [5.41, 5.74) is 2.16. The van der Waals surface area contributed by atoms with E-state index in [0.29, 0.717) is 11.4 Å². The molecule has 3 aliphatic rings. The standard InChI is InChI=1S/C44H38N8O6/c1-27(53)46-43-47-39-38(40(48-43)58-44(57)52(33-12-4-2-5-13-33)34-14-6-3-7-15-34)45-26-50(39)25-35(54)49(24-28-16-17-29-10-8-9-11-30(29)22-28)20-21-51-41(55)36-31-18-19-32(23-31)37(36)42(51)56/h2-19,22,26,31-32,36-37H,20-21,23-25H2,1H3,(H,46,47,48,53)/t31-,32+,36+,37-. The number of para-hydroxylation sites is 2. The Morgan fingerprint density at radius 3 is 2.10 bits per heavy atom. The summed E-state index contributed by atoms with van der Waals surface area (Å²) in [6, 6.07) is 31.8. The van der Waals surface area contributed by atoms with Gasteiger partial charge in [0.1, 0.15) is 6.54 Å². The van der Waals surface area contributed by atoms with Crippen molar-refractivity contribution in [2.75, 3.05) is 23.3 Å². The number of allylic oxidation sites excluding steroid dienone is 2. The van der Waals surface area contributed by atoms with Gasteiger partial charge in [-0.15, -0.1) is 0 Å². The van der Waals surface area contributed by atoms with E-state index in [9.17, 15) is 24.0 Å². The number of aromatic nitrogens is 4. The van der Waals surface area contributed by atoms with E-state index in [1.54, 1.807) is 53.4 Å². The van der Waals surface area contributed by atoms with E-state index in [2.05, 4.69) is 32.4 Å². The summed E-state index contributed by atoms with van der Waals surface area (Å²) in [7, 11) is 0. The molecule has 2 aromatic heterocycles. The zero-order chi connectivity index (χ0) is 39.9. The minimum Gasteiger partial charge on any atom is -0.388 e. The molecular formula is C44H38N8O6. The van der Waals surface area contributed by atoms with Crippen LogP contribution < -0.4 is 15.0 Å². The first-order valence-electron chi connectivity index (χ1n) is 19.1. The Morgan fingerprint density at radius 1 is 0.810 bits per heavy atom. The summed E-state index contributed by atoms with van der Waals surface area (Å²) in [6.45, 7) is 1.40. The molecule has 4 atom stereocenters. The van der Waals surface area contributed by atoms with E-state index in [4.69, 9.17) is 4.74 Å². The Hall–Kier alpha value is -7.22. The molecule has 6 aromatic rings. The van der Waals surface area contributed by atoms with Crippen LogP contribution in [0.2, 0.25) is 0 Å². The highest BCUT2D eigenvalue weighted by Crippen LogP contribution is 2.52. The van der Waals surface area contributed by atoms with Crippen molar-refractivity contribution in [1.29, 1.82) is 0 Å². The van der Waals surface area contributed by atoms with Crippen LogP contribution in [-0.4, -0.2) is 72.1 Å². The maximum atomic E-state index is 14.4. The maximum Gasteiger partial charge on any atom is 0.425 e. The minimum atomic E-state index is -0.794. The maximum absolute atomic E-state index is 14.4. The van der Waals surface area contributed by atoms with Gasteiger partial charge < -0.3 is 14.2 Å². The summed E-state index contributed by atoms with van der Waals surface area (Å²) >= 11 is 0. The summed E-state index contributed by atoms with van der Waals surface area (Å²) in [5.74, 6) is -2.05. The number of imidazole rings is 1. The van der Waals surface area contributed by atoms with Gasteiger partial charge in [-0.1, -0.05) is 84.9 Å². The van der Waals surface area contributed by atoms with E-state index >= 15 is 0 Å². The van der Waals surface area contributed by atoms with Crippen molar-refractivity contribution in [3.8, 4) is 5.88 Å². The third kappa shape index (κ3) is 6.82. The number of ether oxygens (including phenoxy) is 1. The van der Waals surface area contributed by atoms with Crippen molar-refractivity contribution in [2.24, 2.45) is 23.7 Å². The van der Waals surface area contributed by atoms with Crippen LogP contribution in [0.15, 0.2) is 122 Å². The van der Waals surface area contributed by atoms with Gasteiger partial charge >= 0.3 is 6.09 Å². The van der Waals surface area contributed by atoms with Crippen molar-refractivity contribution < 1.29 is 28.7 Å². The average molecular weight is 775 g/mol. The van der Waals surface area contributed by atoms with Gasteiger partial charge in [-0.25, -0.2) is 14.7 Å². The van der Waals surface area contributed by atoms with Gasteiger partial charge in [0.25, 0.3) is 5.88 Å². The Balaban J connectivity index is 1.01. The number of anilines is 3. The second-order valence-corrected chi connectivity index (χ2v) is 14.8. The highest BCUT2D eigenvalue weighted by atomic mass is 16.6. The molecule has 14 heteroatoms. The lowest BCUT2D eigenvalue weighted by Gasteiger charge is -2.26. The lowest BCUT2D eigenvalue weighted by Crippen LogP contribution is -2.42. The molecule has 0 radical (unpaired) electrons. The first-order valence-corrected chi connectivity index (χ1v) is 19.1. The average Bonchev–Trinajstić information content (AvgIpc) is 4.01. The zero-order valence-electron chi connectivity index (χ0n) is 31.5. The number of carbonyl (C=O) groups excluding carboxylic acids is 5. The number of imide groups is 1. The number of nitrogens with one attached hydrogen (secondary N) is 1. The fourth-order valence-electron chi connectivity index (χ4n) is 8.46. The first-order chi connectivity index (χ1) is 28.2. The number of amides is 5. The number of hydrogen-bond donors (Lipinski definition) is 1. The minimum absolute atomic E-state index is 0.0579. The van der Waals surface area contributed by atoms with Crippen molar-refractivity contribution >= 4 is 69.0 Å². The van der Waals surface area contributed by atoms with Crippen LogP contribution in [-0.2, 0) is 32.3 Å². The van der Waals surface area contributed by atoms with Crippen LogP contribution in [0.25, 0.3) is 21.9 Å². The van der Waals surface area contributed by atoms with Crippen LogP contribution in [0.1, 0.15) is 18.9 Å². The van der Waals surface area contributed by atoms with Crippen LogP contribution in [0, 0.1) is 23.7 Å². The summed E-state index contributed by atoms with van der Waals surface area (Å²) in [6.07, 6.45) is 5.54. The molecule has 2 fully saturated rings. The van der Waals surface area contributed by atoms with Crippen LogP contribution in [0.5, 0.6) is 5.88 Å². The molecule has 1 saturated carbocycles. The molecule has 4 aromatic carbocycles. The number of rotatable bonds is 11. The Bertz CT molecular complexity index is 2560. The quantitative estimate of drug-likeness (QED) is 0.121. The number of nitrogens with zero attached hydrogens (tertiary/aromatic N) is 7. The summed E-state index contributed by atoms with van der Waals surface area (Å²) in [5, 5.41) is 4.62. The molecule has 5 amide bonds. The molecule has 290 valence electrons. The van der Waals surface area contributed by atoms with E-state index in [1.807, 2.05) is 54.6 Å². The smallest absolute Gasteiger partial charge is 0.388 e. The molecule has 1 N–H and O–H groups in total. The molecule has 14 nitrogen and oxygen atoms in total. The lowest BCUT2D eigenvalue weighted by molar-refractivity contribution is -0.142.